The second kappa shape index (κ2) is 5.62. The molecule has 0 aliphatic heterocycles. The molecule has 0 fully saturated rings. The van der Waals surface area contributed by atoms with Gasteiger partial charge in [0.25, 0.3) is 0 Å². The van der Waals surface area contributed by atoms with E-state index in [-0.39, 0.29) is 5.78 Å². The van der Waals surface area contributed by atoms with Gasteiger partial charge in [-0.25, -0.2) is 0 Å². The van der Waals surface area contributed by atoms with Crippen molar-refractivity contribution in [2.45, 2.75) is 0 Å². The quantitative estimate of drug-likeness (QED) is 0.630. The van der Waals surface area contributed by atoms with E-state index < -0.39 is 0 Å². The molecule has 0 aliphatic rings. The summed E-state index contributed by atoms with van der Waals surface area (Å²) in [5.41, 5.74) is 0.964. The van der Waals surface area contributed by atoms with Crippen molar-refractivity contribution in [3.8, 4) is 0 Å². The van der Waals surface area contributed by atoms with Gasteiger partial charge in [0, 0.05) is 20.6 Å². The second-order valence-electron chi connectivity index (χ2n) is 3.62. The molecular weight excluding hydrogens is 358 g/mol. The Morgan fingerprint density at radius 1 is 0.889 bits per heavy atom. The number of carbonyl (C=O) groups is 1. The first-order valence-electron chi connectivity index (χ1n) is 4.93. The van der Waals surface area contributed by atoms with E-state index in [9.17, 15) is 4.79 Å². The van der Waals surface area contributed by atoms with Crippen LogP contribution in [0.2, 0.25) is 15.1 Å². The number of hydrogen-bond acceptors (Lipinski definition) is 1. The van der Waals surface area contributed by atoms with Gasteiger partial charge in [-0.05, 0) is 36.4 Å². The van der Waals surface area contributed by atoms with E-state index in [0.29, 0.717) is 26.2 Å². The average Bonchev–Trinajstić information content (AvgIpc) is 2.30. The van der Waals surface area contributed by atoms with Crippen LogP contribution in [0, 0.1) is 0 Å². The van der Waals surface area contributed by atoms with E-state index in [4.69, 9.17) is 34.8 Å². The van der Waals surface area contributed by atoms with Crippen molar-refractivity contribution < 1.29 is 4.79 Å². The van der Waals surface area contributed by atoms with E-state index >= 15 is 0 Å². The summed E-state index contributed by atoms with van der Waals surface area (Å²) in [5, 5.41) is 1.26. The zero-order valence-corrected chi connectivity index (χ0v) is 12.7. The minimum Gasteiger partial charge on any atom is -0.289 e. The Morgan fingerprint density at radius 3 is 2.22 bits per heavy atom. The maximum absolute atomic E-state index is 12.2. The lowest BCUT2D eigenvalue weighted by Gasteiger charge is -2.04. The van der Waals surface area contributed by atoms with Crippen molar-refractivity contribution in [2.75, 3.05) is 0 Å². The lowest BCUT2D eigenvalue weighted by Crippen LogP contribution is -2.01. The smallest absolute Gasteiger partial charge is 0.193 e. The molecule has 0 saturated heterocycles. The van der Waals surface area contributed by atoms with Gasteiger partial charge in [0.1, 0.15) is 0 Å². The molecule has 0 heterocycles. The maximum Gasteiger partial charge on any atom is 0.193 e. The molecular formula is C13H6BrCl3O. The maximum atomic E-state index is 12.2. The van der Waals surface area contributed by atoms with E-state index in [1.807, 2.05) is 0 Å². The minimum absolute atomic E-state index is 0.156. The highest BCUT2D eigenvalue weighted by atomic mass is 79.9. The first-order chi connectivity index (χ1) is 8.47. The first-order valence-corrected chi connectivity index (χ1v) is 6.86. The molecule has 0 radical (unpaired) electrons. The molecule has 0 aromatic heterocycles. The van der Waals surface area contributed by atoms with Gasteiger partial charge in [0.15, 0.2) is 5.78 Å². The Bertz CT molecular complexity index is 605. The van der Waals surface area contributed by atoms with Gasteiger partial charge in [-0.2, -0.15) is 0 Å². The van der Waals surface area contributed by atoms with Gasteiger partial charge in [0.05, 0.1) is 10.0 Å². The lowest BCUT2D eigenvalue weighted by molar-refractivity contribution is 0.103. The first kappa shape index (κ1) is 13.9. The van der Waals surface area contributed by atoms with Gasteiger partial charge in [-0.15, -0.1) is 0 Å². The van der Waals surface area contributed by atoms with Crippen LogP contribution in [0.5, 0.6) is 0 Å². The van der Waals surface area contributed by atoms with E-state index in [0.717, 1.165) is 4.47 Å². The van der Waals surface area contributed by atoms with Crippen LogP contribution in [0.15, 0.2) is 40.9 Å². The molecule has 92 valence electrons. The molecule has 0 N–H and O–H groups in total. The Hall–Kier alpha value is -0.540. The number of halogens is 4. The summed E-state index contributed by atoms with van der Waals surface area (Å²) in [6, 6.07) is 9.80. The Morgan fingerprint density at radius 2 is 1.61 bits per heavy atom. The van der Waals surface area contributed by atoms with Crippen LogP contribution in [0.1, 0.15) is 15.9 Å². The predicted molar refractivity (Wildman–Crippen MR) is 79.0 cm³/mol. The molecule has 0 aliphatic carbocycles. The zero-order valence-electron chi connectivity index (χ0n) is 8.88. The van der Waals surface area contributed by atoms with Crippen molar-refractivity contribution in [1.29, 1.82) is 0 Å². The number of benzene rings is 2. The number of carbonyl (C=O) groups excluding carboxylic acids is 1. The highest BCUT2D eigenvalue weighted by Crippen LogP contribution is 2.26. The van der Waals surface area contributed by atoms with Crippen LogP contribution in [-0.4, -0.2) is 5.78 Å². The van der Waals surface area contributed by atoms with Gasteiger partial charge in [0.2, 0.25) is 0 Å². The van der Waals surface area contributed by atoms with Crippen molar-refractivity contribution >= 4 is 56.5 Å². The zero-order chi connectivity index (χ0) is 13.3. The monoisotopic (exact) mass is 362 g/mol. The summed E-state index contributed by atoms with van der Waals surface area (Å²) < 4.78 is 0.749. The van der Waals surface area contributed by atoms with Gasteiger partial charge in [-0.1, -0.05) is 50.7 Å². The van der Waals surface area contributed by atoms with E-state index in [2.05, 4.69) is 15.9 Å². The molecule has 2 rings (SSSR count). The highest BCUT2D eigenvalue weighted by molar-refractivity contribution is 9.10. The van der Waals surface area contributed by atoms with Crippen LogP contribution >= 0.6 is 50.7 Å². The van der Waals surface area contributed by atoms with Crippen molar-refractivity contribution in [1.82, 2.24) is 0 Å². The molecule has 0 bridgehead atoms. The van der Waals surface area contributed by atoms with E-state index in [1.54, 1.807) is 36.4 Å². The summed E-state index contributed by atoms with van der Waals surface area (Å²) >= 11 is 20.9. The van der Waals surface area contributed by atoms with Gasteiger partial charge < -0.3 is 0 Å². The molecule has 2 aromatic rings. The number of rotatable bonds is 2. The molecule has 0 spiro atoms. The molecule has 0 atom stereocenters. The van der Waals surface area contributed by atoms with Crippen LogP contribution < -0.4 is 0 Å². The fourth-order valence-electron chi connectivity index (χ4n) is 1.49. The number of hydrogen-bond donors (Lipinski definition) is 0. The third-order valence-electron chi connectivity index (χ3n) is 2.31. The summed E-state index contributed by atoms with van der Waals surface area (Å²) in [6.45, 7) is 0. The molecule has 18 heavy (non-hydrogen) atoms. The standard InChI is InChI=1S/C13H6BrCl3O/c14-9-3-8(4-10(15)6-9)13(18)7-1-2-11(16)12(17)5-7/h1-6H. The summed E-state index contributed by atoms with van der Waals surface area (Å²) in [5.74, 6) is -0.156. The highest BCUT2D eigenvalue weighted by Gasteiger charge is 2.12. The summed E-state index contributed by atoms with van der Waals surface area (Å²) in [6.07, 6.45) is 0. The average molecular weight is 364 g/mol. The third kappa shape index (κ3) is 3.07. The van der Waals surface area contributed by atoms with Crippen molar-refractivity contribution in [2.24, 2.45) is 0 Å². The number of ketones is 1. The largest absolute Gasteiger partial charge is 0.289 e. The molecule has 1 nitrogen and oxygen atoms in total. The van der Waals surface area contributed by atoms with Gasteiger partial charge in [-0.3, -0.25) is 4.79 Å². The van der Waals surface area contributed by atoms with Crippen LogP contribution in [0.25, 0.3) is 0 Å². The molecule has 0 saturated carbocycles. The summed E-state index contributed by atoms with van der Waals surface area (Å²) in [7, 11) is 0. The Balaban J connectivity index is 2.44. The van der Waals surface area contributed by atoms with Crippen LogP contribution in [-0.2, 0) is 0 Å². The predicted octanol–water partition coefficient (Wildman–Crippen LogP) is 5.64. The van der Waals surface area contributed by atoms with Crippen molar-refractivity contribution in [3.05, 3.63) is 67.1 Å². The van der Waals surface area contributed by atoms with Gasteiger partial charge >= 0.3 is 0 Å². The Kier molecular flexibility index (Phi) is 4.33. The summed E-state index contributed by atoms with van der Waals surface area (Å²) in [4.78, 5) is 12.2. The molecule has 0 unspecified atom stereocenters. The molecule has 5 heteroatoms. The van der Waals surface area contributed by atoms with E-state index in [1.165, 1.54) is 0 Å². The molecule has 0 amide bonds. The normalized spacial score (nSPS) is 10.4. The fourth-order valence-corrected chi connectivity index (χ4v) is 2.65. The van der Waals surface area contributed by atoms with Crippen molar-refractivity contribution in [3.63, 3.8) is 0 Å². The SMILES string of the molecule is O=C(c1cc(Cl)cc(Br)c1)c1ccc(Cl)c(Cl)c1. The fraction of sp³-hybridized carbons (Fsp3) is 0. The molecule has 2 aromatic carbocycles. The third-order valence-corrected chi connectivity index (χ3v) is 3.72. The van der Waals surface area contributed by atoms with Crippen LogP contribution in [0.3, 0.4) is 0 Å². The lowest BCUT2D eigenvalue weighted by atomic mass is 10.0. The minimum atomic E-state index is -0.156. The topological polar surface area (TPSA) is 17.1 Å². The van der Waals surface area contributed by atoms with Crippen LogP contribution in [0.4, 0.5) is 0 Å². The Labute approximate surface area is 128 Å². The second-order valence-corrected chi connectivity index (χ2v) is 5.78.